The number of nitrogen functional groups attached to an aromatic ring is 1. The highest BCUT2D eigenvalue weighted by Gasteiger charge is 2.65. The SMILES string of the molecule is COC1(C2CC2)C[N+](c2cc(N)nc(N[C@@H](C)c3ccc(F)cc3)c2)(c2cnccn2)C1. The summed E-state index contributed by atoms with van der Waals surface area (Å²) in [6.45, 7) is 3.57. The van der Waals surface area contributed by atoms with Gasteiger partial charge < -0.3 is 15.8 Å². The molecule has 8 heteroatoms. The Bertz CT molecular complexity index is 1100. The van der Waals surface area contributed by atoms with Gasteiger partial charge in [-0.2, -0.15) is 0 Å². The first-order valence-corrected chi connectivity index (χ1v) is 10.9. The maximum Gasteiger partial charge on any atom is 0.251 e. The van der Waals surface area contributed by atoms with Gasteiger partial charge >= 0.3 is 0 Å². The lowest BCUT2D eigenvalue weighted by atomic mass is 9.84. The zero-order valence-corrected chi connectivity index (χ0v) is 18.3. The number of hydrogen-bond acceptors (Lipinski definition) is 6. The first-order valence-electron chi connectivity index (χ1n) is 10.9. The van der Waals surface area contributed by atoms with Crippen LogP contribution in [0.1, 0.15) is 31.4 Å². The molecule has 1 atom stereocenters. The van der Waals surface area contributed by atoms with Gasteiger partial charge in [-0.15, -0.1) is 0 Å². The summed E-state index contributed by atoms with van der Waals surface area (Å²) < 4.78 is 19.9. The zero-order valence-electron chi connectivity index (χ0n) is 18.3. The largest absolute Gasteiger partial charge is 0.383 e. The van der Waals surface area contributed by atoms with Crippen molar-refractivity contribution in [1.29, 1.82) is 0 Å². The average molecular weight is 436 g/mol. The van der Waals surface area contributed by atoms with Crippen LogP contribution in [-0.4, -0.2) is 40.8 Å². The quantitative estimate of drug-likeness (QED) is 0.541. The Balaban J connectivity index is 1.49. The fraction of sp³-hybridized carbons (Fsp3) is 0.375. The number of rotatable bonds is 7. The fourth-order valence-electron chi connectivity index (χ4n) is 4.93. The van der Waals surface area contributed by atoms with Crippen molar-refractivity contribution in [3.8, 4) is 0 Å². The topological polar surface area (TPSA) is 86.0 Å². The molecule has 2 aromatic heterocycles. The maximum atomic E-state index is 13.3. The van der Waals surface area contributed by atoms with Crippen molar-refractivity contribution < 1.29 is 9.13 Å². The number of hydrogen-bond donors (Lipinski definition) is 2. The first-order chi connectivity index (χ1) is 15.4. The van der Waals surface area contributed by atoms with Gasteiger partial charge in [-0.3, -0.25) is 4.98 Å². The Morgan fingerprint density at radius 1 is 1.19 bits per heavy atom. The molecule has 7 nitrogen and oxygen atoms in total. The molecule has 1 aromatic carbocycles. The van der Waals surface area contributed by atoms with Gasteiger partial charge in [0.15, 0.2) is 5.60 Å². The molecule has 2 aliphatic rings. The second-order valence-electron chi connectivity index (χ2n) is 8.94. The lowest BCUT2D eigenvalue weighted by Crippen LogP contribution is -2.74. The van der Waals surface area contributed by atoms with Crippen LogP contribution in [0.5, 0.6) is 0 Å². The molecule has 1 saturated heterocycles. The maximum absolute atomic E-state index is 13.3. The molecule has 166 valence electrons. The molecular formula is C24H28FN6O+. The van der Waals surface area contributed by atoms with Crippen LogP contribution in [0.2, 0.25) is 0 Å². The number of benzene rings is 1. The van der Waals surface area contributed by atoms with Crippen LogP contribution in [0.4, 0.5) is 27.5 Å². The molecule has 0 amide bonds. The molecule has 0 unspecified atom stereocenters. The van der Waals surface area contributed by atoms with Gasteiger partial charge in [0.1, 0.15) is 42.4 Å². The van der Waals surface area contributed by atoms with Crippen molar-refractivity contribution in [2.75, 3.05) is 31.2 Å². The molecule has 0 bridgehead atoms. The third-order valence-corrected chi connectivity index (χ3v) is 6.85. The number of methoxy groups -OCH3 is 1. The number of anilines is 2. The normalized spacial score (nSPS) is 25.7. The summed E-state index contributed by atoms with van der Waals surface area (Å²) in [5, 5.41) is 3.41. The van der Waals surface area contributed by atoms with Gasteiger partial charge in [0, 0.05) is 31.5 Å². The molecular weight excluding hydrogens is 407 g/mol. The Labute approximate surface area is 187 Å². The van der Waals surface area contributed by atoms with E-state index in [4.69, 9.17) is 10.5 Å². The standard InChI is InChI=1S/C24H28FN6O/c1-16(17-3-7-19(25)8-4-17)29-22-12-20(11-21(26)30-22)31(23-13-27-9-10-28-23)14-24(15-31,32-2)18-5-6-18/h3-4,7-13,16,18H,5-6,14-15H2,1-2H3,(H3,26,29,30)/q+1/t16-,24?,31?/m0/s1. The van der Waals surface area contributed by atoms with Gasteiger partial charge in [0.25, 0.3) is 5.82 Å². The molecule has 32 heavy (non-hydrogen) atoms. The molecule has 3 aromatic rings. The van der Waals surface area contributed by atoms with E-state index in [1.807, 2.05) is 25.3 Å². The van der Waals surface area contributed by atoms with Crippen LogP contribution >= 0.6 is 0 Å². The Hall–Kier alpha value is -3.10. The molecule has 1 aliphatic heterocycles. The zero-order chi connectivity index (χ0) is 22.3. The molecule has 2 fully saturated rings. The third-order valence-electron chi connectivity index (χ3n) is 6.85. The van der Waals surface area contributed by atoms with E-state index >= 15 is 0 Å². The van der Waals surface area contributed by atoms with Gasteiger partial charge in [0.05, 0.1) is 6.20 Å². The van der Waals surface area contributed by atoms with E-state index in [0.717, 1.165) is 30.2 Å². The molecule has 3 N–H and O–H groups in total. The monoisotopic (exact) mass is 435 g/mol. The van der Waals surface area contributed by atoms with E-state index in [1.54, 1.807) is 31.6 Å². The Morgan fingerprint density at radius 2 is 1.94 bits per heavy atom. The molecule has 1 aliphatic carbocycles. The summed E-state index contributed by atoms with van der Waals surface area (Å²) in [6.07, 6.45) is 7.63. The van der Waals surface area contributed by atoms with Crippen molar-refractivity contribution in [2.45, 2.75) is 31.4 Å². The number of aromatic nitrogens is 3. The number of nitrogens with one attached hydrogen (secondary N) is 1. The lowest BCUT2D eigenvalue weighted by molar-refractivity contribution is -0.115. The number of quaternary nitrogens is 1. The minimum Gasteiger partial charge on any atom is -0.383 e. The van der Waals surface area contributed by atoms with Crippen molar-refractivity contribution >= 4 is 23.1 Å². The number of ether oxygens (including phenoxy) is 1. The van der Waals surface area contributed by atoms with Gasteiger partial charge in [0.2, 0.25) is 0 Å². The van der Waals surface area contributed by atoms with Gasteiger partial charge in [-0.1, -0.05) is 12.1 Å². The van der Waals surface area contributed by atoms with Crippen molar-refractivity contribution in [1.82, 2.24) is 19.4 Å². The van der Waals surface area contributed by atoms with E-state index in [-0.39, 0.29) is 17.5 Å². The highest BCUT2D eigenvalue weighted by atomic mass is 19.1. The molecule has 1 saturated carbocycles. The minimum absolute atomic E-state index is 0.0661. The van der Waals surface area contributed by atoms with E-state index < -0.39 is 0 Å². The number of halogens is 1. The smallest absolute Gasteiger partial charge is 0.251 e. The summed E-state index contributed by atoms with van der Waals surface area (Å²) >= 11 is 0. The van der Waals surface area contributed by atoms with Crippen molar-refractivity contribution in [2.24, 2.45) is 5.92 Å². The number of nitrogens with zero attached hydrogens (tertiary/aromatic N) is 4. The van der Waals surface area contributed by atoms with Crippen LogP contribution < -0.4 is 15.5 Å². The highest BCUT2D eigenvalue weighted by molar-refractivity contribution is 5.66. The van der Waals surface area contributed by atoms with E-state index in [1.165, 1.54) is 25.0 Å². The highest BCUT2D eigenvalue weighted by Crippen LogP contribution is 2.54. The van der Waals surface area contributed by atoms with Crippen molar-refractivity contribution in [3.63, 3.8) is 0 Å². The average Bonchev–Trinajstić information content (AvgIpc) is 3.60. The van der Waals surface area contributed by atoms with Crippen LogP contribution in [0.3, 0.4) is 0 Å². The minimum atomic E-state index is -0.254. The molecule has 0 radical (unpaired) electrons. The van der Waals surface area contributed by atoms with Crippen LogP contribution in [0, 0.1) is 11.7 Å². The van der Waals surface area contributed by atoms with Gasteiger partial charge in [-0.25, -0.2) is 18.8 Å². The lowest BCUT2D eigenvalue weighted by Gasteiger charge is -2.54. The third kappa shape index (κ3) is 3.59. The molecule has 5 rings (SSSR count). The second-order valence-corrected chi connectivity index (χ2v) is 8.94. The van der Waals surface area contributed by atoms with E-state index in [0.29, 0.717) is 22.0 Å². The van der Waals surface area contributed by atoms with Crippen LogP contribution in [0.25, 0.3) is 0 Å². The fourth-order valence-corrected chi connectivity index (χ4v) is 4.93. The Kier molecular flexibility index (Phi) is 5.06. The summed E-state index contributed by atoms with van der Waals surface area (Å²) in [4.78, 5) is 13.5. The summed E-state index contributed by atoms with van der Waals surface area (Å²) in [6, 6.07) is 10.3. The summed E-state index contributed by atoms with van der Waals surface area (Å²) in [5.41, 5.74) is 8.06. The predicted molar refractivity (Wildman–Crippen MR) is 123 cm³/mol. The van der Waals surface area contributed by atoms with E-state index in [2.05, 4.69) is 20.3 Å². The van der Waals surface area contributed by atoms with Gasteiger partial charge in [-0.05, 0) is 43.4 Å². The number of pyridine rings is 1. The van der Waals surface area contributed by atoms with E-state index in [9.17, 15) is 4.39 Å². The predicted octanol–water partition coefficient (Wildman–Crippen LogP) is 4.21. The van der Waals surface area contributed by atoms with Crippen LogP contribution in [0.15, 0.2) is 55.0 Å². The van der Waals surface area contributed by atoms with Crippen LogP contribution in [-0.2, 0) is 4.74 Å². The first kappa shape index (κ1) is 20.8. The number of nitrogens with two attached hydrogens (primary N) is 1. The molecule has 3 heterocycles. The molecule has 0 spiro atoms. The Morgan fingerprint density at radius 3 is 2.56 bits per heavy atom. The summed E-state index contributed by atoms with van der Waals surface area (Å²) in [7, 11) is 1.81. The second kappa shape index (κ2) is 7.79. The van der Waals surface area contributed by atoms with Crippen molar-refractivity contribution in [3.05, 3.63) is 66.4 Å². The summed E-state index contributed by atoms with van der Waals surface area (Å²) in [5.74, 6) is 2.30.